The van der Waals surface area contributed by atoms with Gasteiger partial charge in [-0.2, -0.15) is 0 Å². The maximum atomic E-state index is 13.4. The number of amides is 2. The largest absolute Gasteiger partial charge is 0.349 e. The van der Waals surface area contributed by atoms with Crippen LogP contribution in [0.4, 0.5) is 4.39 Å². The zero-order chi connectivity index (χ0) is 23.5. The van der Waals surface area contributed by atoms with E-state index in [-0.39, 0.29) is 23.7 Å². The van der Waals surface area contributed by atoms with Crippen molar-refractivity contribution in [2.75, 3.05) is 13.1 Å². The lowest BCUT2D eigenvalue weighted by Gasteiger charge is -2.35. The first-order chi connectivity index (χ1) is 16.6. The van der Waals surface area contributed by atoms with Crippen LogP contribution < -0.4 is 5.32 Å². The number of para-hydroxylation sites is 1. The van der Waals surface area contributed by atoms with Crippen molar-refractivity contribution in [3.63, 3.8) is 0 Å². The average molecular weight is 460 g/mol. The number of benzene rings is 2. The molecule has 2 heterocycles. The van der Waals surface area contributed by atoms with E-state index in [2.05, 4.69) is 5.32 Å². The van der Waals surface area contributed by atoms with Gasteiger partial charge < -0.3 is 10.2 Å². The summed E-state index contributed by atoms with van der Waals surface area (Å²) in [6.07, 6.45) is 7.11. The number of piperidine rings is 1. The van der Waals surface area contributed by atoms with Crippen molar-refractivity contribution < 1.29 is 14.0 Å². The first-order valence-electron chi connectivity index (χ1n) is 12.3. The molecular weight excluding hydrogens is 429 g/mol. The minimum absolute atomic E-state index is 0.0316. The van der Waals surface area contributed by atoms with Gasteiger partial charge in [0, 0.05) is 36.0 Å². The third kappa shape index (κ3) is 4.81. The van der Waals surface area contributed by atoms with Crippen molar-refractivity contribution in [1.82, 2.24) is 15.2 Å². The van der Waals surface area contributed by atoms with Crippen LogP contribution in [0, 0.1) is 11.7 Å². The molecule has 0 unspecified atom stereocenters. The predicted octanol–water partition coefficient (Wildman–Crippen LogP) is 5.34. The third-order valence-corrected chi connectivity index (χ3v) is 7.20. The van der Waals surface area contributed by atoms with Gasteiger partial charge >= 0.3 is 0 Å². The number of halogens is 1. The lowest BCUT2D eigenvalue weighted by molar-refractivity contribution is -0.137. The van der Waals surface area contributed by atoms with Gasteiger partial charge in [0.15, 0.2) is 0 Å². The molecule has 176 valence electrons. The van der Waals surface area contributed by atoms with Crippen LogP contribution in [0.1, 0.15) is 55.3 Å². The monoisotopic (exact) mass is 459 g/mol. The SMILES string of the molecule is O=C(NC1CCN(C(=O)C2CCCCC2)CC1)c1cc(-c2ccc(F)cc2)nc2ccccc12. The standard InChI is InChI=1S/C28H30FN3O2/c29-21-12-10-19(11-13-21)26-18-24(23-8-4-5-9-25(23)31-26)27(33)30-22-14-16-32(17-15-22)28(34)20-6-2-1-3-7-20/h4-5,8-13,18,20,22H,1-3,6-7,14-17H2,(H,30,33). The molecule has 0 spiro atoms. The van der Waals surface area contributed by atoms with Gasteiger partial charge in [-0.3, -0.25) is 9.59 Å². The number of rotatable bonds is 4. The molecule has 2 amide bonds. The molecule has 0 radical (unpaired) electrons. The van der Waals surface area contributed by atoms with Gasteiger partial charge in [0.1, 0.15) is 5.82 Å². The van der Waals surface area contributed by atoms with Crippen LogP contribution in [-0.2, 0) is 4.79 Å². The Labute approximate surface area is 199 Å². The fourth-order valence-electron chi connectivity index (χ4n) is 5.25. The van der Waals surface area contributed by atoms with Gasteiger partial charge in [0.25, 0.3) is 5.91 Å². The van der Waals surface area contributed by atoms with Crippen molar-refractivity contribution in [1.29, 1.82) is 0 Å². The Morgan fingerprint density at radius 2 is 1.62 bits per heavy atom. The second-order valence-corrected chi connectivity index (χ2v) is 9.49. The number of hydrogen-bond donors (Lipinski definition) is 1. The Hall–Kier alpha value is -3.28. The summed E-state index contributed by atoms with van der Waals surface area (Å²) < 4.78 is 13.4. The van der Waals surface area contributed by atoms with Gasteiger partial charge in [-0.25, -0.2) is 9.37 Å². The second kappa shape index (κ2) is 9.92. The summed E-state index contributed by atoms with van der Waals surface area (Å²) in [7, 11) is 0. The zero-order valence-electron chi connectivity index (χ0n) is 19.3. The molecule has 0 bridgehead atoms. The van der Waals surface area contributed by atoms with Gasteiger partial charge in [-0.1, -0.05) is 37.5 Å². The molecule has 5 nitrogen and oxygen atoms in total. The van der Waals surface area contributed by atoms with Crippen molar-refractivity contribution in [2.45, 2.75) is 51.0 Å². The molecule has 6 heteroatoms. The van der Waals surface area contributed by atoms with Crippen LogP contribution in [0.15, 0.2) is 54.6 Å². The van der Waals surface area contributed by atoms with Crippen LogP contribution in [-0.4, -0.2) is 40.8 Å². The van der Waals surface area contributed by atoms with E-state index in [1.807, 2.05) is 29.2 Å². The number of carbonyl (C=O) groups is 2. The minimum Gasteiger partial charge on any atom is -0.349 e. The summed E-state index contributed by atoms with van der Waals surface area (Å²) in [5, 5.41) is 3.98. The van der Waals surface area contributed by atoms with Crippen molar-refractivity contribution in [3.8, 4) is 11.3 Å². The van der Waals surface area contributed by atoms with E-state index < -0.39 is 0 Å². The number of aromatic nitrogens is 1. The first-order valence-corrected chi connectivity index (χ1v) is 12.3. The zero-order valence-corrected chi connectivity index (χ0v) is 19.3. The van der Waals surface area contributed by atoms with Crippen molar-refractivity contribution >= 4 is 22.7 Å². The molecule has 2 aromatic carbocycles. The van der Waals surface area contributed by atoms with Crippen molar-refractivity contribution in [2.24, 2.45) is 5.92 Å². The molecule has 3 aromatic rings. The molecule has 5 rings (SSSR count). The first kappa shape index (κ1) is 22.5. The van der Waals surface area contributed by atoms with Gasteiger partial charge in [-0.15, -0.1) is 0 Å². The molecule has 0 atom stereocenters. The highest BCUT2D eigenvalue weighted by molar-refractivity contribution is 6.07. The Balaban J connectivity index is 1.30. The Bertz CT molecular complexity index is 1180. The summed E-state index contributed by atoms with van der Waals surface area (Å²) in [5.41, 5.74) is 2.68. The van der Waals surface area contributed by atoms with E-state index in [4.69, 9.17) is 4.98 Å². The van der Waals surface area contributed by atoms with E-state index in [1.165, 1.54) is 18.6 Å². The molecule has 2 aliphatic rings. The maximum absolute atomic E-state index is 13.4. The molecule has 2 fully saturated rings. The number of nitrogens with zero attached hydrogens (tertiary/aromatic N) is 2. The topological polar surface area (TPSA) is 62.3 Å². The lowest BCUT2D eigenvalue weighted by atomic mass is 9.87. The van der Waals surface area contributed by atoms with Gasteiger partial charge in [-0.05, 0) is 62.1 Å². The summed E-state index contributed by atoms with van der Waals surface area (Å²) in [5.74, 6) is 0.0383. The summed E-state index contributed by atoms with van der Waals surface area (Å²) in [4.78, 5) is 32.9. The summed E-state index contributed by atoms with van der Waals surface area (Å²) in [6.45, 7) is 1.39. The highest BCUT2D eigenvalue weighted by Crippen LogP contribution is 2.28. The summed E-state index contributed by atoms with van der Waals surface area (Å²) >= 11 is 0. The van der Waals surface area contributed by atoms with E-state index in [9.17, 15) is 14.0 Å². The number of carbonyl (C=O) groups excluding carboxylic acids is 2. The van der Waals surface area contributed by atoms with Crippen LogP contribution in [0.3, 0.4) is 0 Å². The molecule has 1 aromatic heterocycles. The highest BCUT2D eigenvalue weighted by atomic mass is 19.1. The van der Waals surface area contributed by atoms with Gasteiger partial charge in [0.2, 0.25) is 5.91 Å². The van der Waals surface area contributed by atoms with Gasteiger partial charge in [0.05, 0.1) is 16.8 Å². The van der Waals surface area contributed by atoms with E-state index >= 15 is 0 Å². The highest BCUT2D eigenvalue weighted by Gasteiger charge is 2.30. The van der Waals surface area contributed by atoms with Crippen LogP contribution in [0.5, 0.6) is 0 Å². The molecule has 1 aliphatic heterocycles. The molecular formula is C28H30FN3O2. The number of pyridine rings is 1. The number of hydrogen-bond acceptors (Lipinski definition) is 3. The van der Waals surface area contributed by atoms with Crippen LogP contribution in [0.2, 0.25) is 0 Å². The number of likely N-dealkylation sites (tertiary alicyclic amines) is 1. The number of nitrogens with one attached hydrogen (secondary N) is 1. The van der Waals surface area contributed by atoms with E-state index in [0.29, 0.717) is 30.3 Å². The quantitative estimate of drug-likeness (QED) is 0.573. The molecule has 1 aliphatic carbocycles. The number of fused-ring (bicyclic) bond motifs is 1. The molecule has 1 saturated carbocycles. The average Bonchev–Trinajstić information content (AvgIpc) is 2.89. The smallest absolute Gasteiger partial charge is 0.252 e. The summed E-state index contributed by atoms with van der Waals surface area (Å²) in [6, 6.07) is 15.5. The van der Waals surface area contributed by atoms with Crippen LogP contribution in [0.25, 0.3) is 22.2 Å². The third-order valence-electron chi connectivity index (χ3n) is 7.20. The van der Waals surface area contributed by atoms with E-state index in [0.717, 1.165) is 55.0 Å². The molecule has 34 heavy (non-hydrogen) atoms. The normalized spacial score (nSPS) is 17.6. The van der Waals surface area contributed by atoms with E-state index in [1.54, 1.807) is 18.2 Å². The lowest BCUT2D eigenvalue weighted by Crippen LogP contribution is -2.48. The molecule has 1 N–H and O–H groups in total. The van der Waals surface area contributed by atoms with Crippen molar-refractivity contribution in [3.05, 3.63) is 66.0 Å². The Kier molecular flexibility index (Phi) is 6.57. The Morgan fingerprint density at radius 3 is 2.35 bits per heavy atom. The Morgan fingerprint density at radius 1 is 0.912 bits per heavy atom. The predicted molar refractivity (Wildman–Crippen MR) is 131 cm³/mol. The van der Waals surface area contributed by atoms with Crippen LogP contribution >= 0.6 is 0 Å². The fraction of sp³-hybridized carbons (Fsp3) is 0.393. The second-order valence-electron chi connectivity index (χ2n) is 9.49. The minimum atomic E-state index is -0.309. The maximum Gasteiger partial charge on any atom is 0.252 e. The fourth-order valence-corrected chi connectivity index (χ4v) is 5.25. The molecule has 1 saturated heterocycles.